The molecule has 6 nitrogen and oxygen atoms in total. The maximum atomic E-state index is 13.1. The van der Waals surface area contributed by atoms with Crippen molar-refractivity contribution in [2.24, 2.45) is 0 Å². The summed E-state index contributed by atoms with van der Waals surface area (Å²) in [4.78, 5) is 14.5. The smallest absolute Gasteiger partial charge is 0.268 e. The highest BCUT2D eigenvalue weighted by Gasteiger charge is 2.21. The quantitative estimate of drug-likeness (QED) is 0.641. The Kier molecular flexibility index (Phi) is 5.44. The Morgan fingerprint density at radius 3 is 2.43 bits per heavy atom. The third kappa shape index (κ3) is 3.73. The summed E-state index contributed by atoms with van der Waals surface area (Å²) in [6, 6.07) is 14.6. The first kappa shape index (κ1) is 19.2. The average Bonchev–Trinajstić information content (AvgIpc) is 2.67. The number of nitrogens with two attached hydrogens (primary N) is 1. The van der Waals surface area contributed by atoms with Gasteiger partial charge in [-0.05, 0) is 35.9 Å². The van der Waals surface area contributed by atoms with Crippen LogP contribution in [0.1, 0.15) is 16.7 Å². The molecule has 0 radical (unpaired) electrons. The number of nitrogens with zero attached hydrogens (tertiary/aromatic N) is 2. The molecule has 0 spiro atoms. The number of hydrogen-bond donors (Lipinski definition) is 2. The Morgan fingerprint density at radius 2 is 1.79 bits per heavy atom. The number of hydrogen-bond acceptors (Lipinski definition) is 5. The molecule has 1 heterocycles. The Balaban J connectivity index is 2.15. The molecule has 0 amide bonds. The Morgan fingerprint density at radius 1 is 1.11 bits per heavy atom. The van der Waals surface area contributed by atoms with Crippen LogP contribution in [0.15, 0.2) is 51.7 Å². The van der Waals surface area contributed by atoms with Crippen LogP contribution < -0.4 is 16.0 Å². The van der Waals surface area contributed by atoms with Gasteiger partial charge in [0.15, 0.2) is 0 Å². The molecule has 0 aliphatic carbocycles. The molecule has 0 fully saturated rings. The summed E-state index contributed by atoms with van der Waals surface area (Å²) in [5.41, 5.74) is 6.01. The van der Waals surface area contributed by atoms with Crippen molar-refractivity contribution in [3.63, 3.8) is 0 Å². The van der Waals surface area contributed by atoms with Crippen LogP contribution in [0.5, 0.6) is 5.75 Å². The van der Waals surface area contributed by atoms with Gasteiger partial charge in [0.2, 0.25) is 0 Å². The Labute approximate surface area is 167 Å². The molecule has 28 heavy (non-hydrogen) atoms. The number of ether oxygens (including phenoxy) is 1. The van der Waals surface area contributed by atoms with Crippen LogP contribution in [0.4, 0.5) is 10.2 Å². The maximum absolute atomic E-state index is 13.1. The van der Waals surface area contributed by atoms with Crippen molar-refractivity contribution in [1.29, 1.82) is 10.5 Å². The molecule has 0 saturated heterocycles. The molecule has 3 N–H and O–H groups in total. The van der Waals surface area contributed by atoms with E-state index in [0.29, 0.717) is 15.8 Å². The Hall–Kier alpha value is -3.62. The van der Waals surface area contributed by atoms with Crippen molar-refractivity contribution < 1.29 is 9.13 Å². The number of nitrogen functional groups attached to an aromatic ring is 1. The highest BCUT2D eigenvalue weighted by molar-refractivity contribution is 9.10. The van der Waals surface area contributed by atoms with Gasteiger partial charge in [0.1, 0.15) is 47.3 Å². The van der Waals surface area contributed by atoms with Gasteiger partial charge < -0.3 is 15.5 Å². The molecule has 138 valence electrons. The molecule has 0 aliphatic heterocycles. The van der Waals surface area contributed by atoms with E-state index in [1.54, 1.807) is 30.3 Å². The fourth-order valence-corrected chi connectivity index (χ4v) is 3.04. The average molecular weight is 439 g/mol. The number of rotatable bonds is 4. The number of H-pyrrole nitrogens is 1. The van der Waals surface area contributed by atoms with Gasteiger partial charge in [0, 0.05) is 15.6 Å². The van der Waals surface area contributed by atoms with E-state index in [-0.39, 0.29) is 34.9 Å². The summed E-state index contributed by atoms with van der Waals surface area (Å²) in [7, 11) is 0. The lowest BCUT2D eigenvalue weighted by atomic mass is 9.96. The van der Waals surface area contributed by atoms with E-state index in [1.165, 1.54) is 12.1 Å². The normalized spacial score (nSPS) is 10.1. The van der Waals surface area contributed by atoms with E-state index in [9.17, 15) is 19.7 Å². The minimum absolute atomic E-state index is 0.0270. The molecular weight excluding hydrogens is 427 g/mol. The zero-order valence-corrected chi connectivity index (χ0v) is 15.9. The van der Waals surface area contributed by atoms with Crippen molar-refractivity contribution in [3.05, 3.63) is 79.8 Å². The number of nitrogens with one attached hydrogen (secondary N) is 1. The second kappa shape index (κ2) is 7.95. The molecule has 0 unspecified atom stereocenters. The molecule has 2 aromatic carbocycles. The van der Waals surface area contributed by atoms with Gasteiger partial charge in [-0.3, -0.25) is 4.79 Å². The van der Waals surface area contributed by atoms with E-state index >= 15 is 0 Å². The first-order valence-corrected chi connectivity index (χ1v) is 8.77. The summed E-state index contributed by atoms with van der Waals surface area (Å²) in [6.07, 6.45) is 0. The predicted octanol–water partition coefficient (Wildman–Crippen LogP) is 3.85. The second-order valence-corrected chi connectivity index (χ2v) is 6.69. The predicted molar refractivity (Wildman–Crippen MR) is 105 cm³/mol. The van der Waals surface area contributed by atoms with Gasteiger partial charge in [0.25, 0.3) is 5.56 Å². The van der Waals surface area contributed by atoms with Crippen LogP contribution in [0.3, 0.4) is 0 Å². The zero-order valence-electron chi connectivity index (χ0n) is 14.3. The molecule has 1 aromatic heterocycles. The van der Waals surface area contributed by atoms with Crippen LogP contribution in [0, 0.1) is 28.5 Å². The SMILES string of the molecule is N#Cc1c(N)[nH]c(=O)c(C#N)c1-c1cc(Br)ccc1OCc1ccc(F)cc1. The van der Waals surface area contributed by atoms with Gasteiger partial charge in [-0.15, -0.1) is 0 Å². The van der Waals surface area contributed by atoms with Crippen LogP contribution in [-0.2, 0) is 6.61 Å². The number of halogens is 2. The van der Waals surface area contributed by atoms with E-state index < -0.39 is 5.56 Å². The number of anilines is 1. The fourth-order valence-electron chi connectivity index (χ4n) is 2.68. The fraction of sp³-hybridized carbons (Fsp3) is 0.0500. The van der Waals surface area contributed by atoms with Crippen molar-refractivity contribution in [2.45, 2.75) is 6.61 Å². The van der Waals surface area contributed by atoms with Crippen LogP contribution in [0.2, 0.25) is 0 Å². The van der Waals surface area contributed by atoms with Crippen molar-refractivity contribution in [1.82, 2.24) is 4.98 Å². The van der Waals surface area contributed by atoms with Crippen LogP contribution in [0.25, 0.3) is 11.1 Å². The largest absolute Gasteiger partial charge is 0.488 e. The number of pyridine rings is 1. The highest BCUT2D eigenvalue weighted by atomic mass is 79.9. The first-order chi connectivity index (χ1) is 13.4. The highest BCUT2D eigenvalue weighted by Crippen LogP contribution is 2.37. The summed E-state index contributed by atoms with van der Waals surface area (Å²) < 4.78 is 19.6. The summed E-state index contributed by atoms with van der Waals surface area (Å²) in [5.74, 6) is -0.152. The lowest BCUT2D eigenvalue weighted by Crippen LogP contribution is -2.16. The lowest BCUT2D eigenvalue weighted by Gasteiger charge is -2.15. The third-order valence-electron chi connectivity index (χ3n) is 3.99. The van der Waals surface area contributed by atoms with E-state index in [1.807, 2.05) is 12.1 Å². The summed E-state index contributed by atoms with van der Waals surface area (Å²) in [6.45, 7) is 0.122. The van der Waals surface area contributed by atoms with Crippen molar-refractivity contribution in [2.75, 3.05) is 5.73 Å². The minimum atomic E-state index is -0.696. The summed E-state index contributed by atoms with van der Waals surface area (Å²) >= 11 is 3.35. The molecule has 8 heteroatoms. The van der Waals surface area contributed by atoms with Crippen LogP contribution >= 0.6 is 15.9 Å². The molecule has 0 saturated carbocycles. The number of aromatic nitrogens is 1. The van der Waals surface area contributed by atoms with Crippen LogP contribution in [-0.4, -0.2) is 4.98 Å². The van der Waals surface area contributed by atoms with E-state index in [4.69, 9.17) is 10.5 Å². The van der Waals surface area contributed by atoms with E-state index in [0.717, 1.165) is 5.56 Å². The molecule has 3 rings (SSSR count). The molecular formula is C20H12BrFN4O2. The number of aromatic amines is 1. The molecule has 0 bridgehead atoms. The topological polar surface area (TPSA) is 116 Å². The van der Waals surface area contributed by atoms with Crippen molar-refractivity contribution >= 4 is 21.7 Å². The zero-order chi connectivity index (χ0) is 20.3. The molecule has 3 aromatic rings. The number of benzene rings is 2. The Bertz CT molecular complexity index is 1190. The molecule has 0 atom stereocenters. The van der Waals surface area contributed by atoms with E-state index in [2.05, 4.69) is 20.9 Å². The third-order valence-corrected chi connectivity index (χ3v) is 4.48. The van der Waals surface area contributed by atoms with Gasteiger partial charge in [-0.2, -0.15) is 10.5 Å². The first-order valence-electron chi connectivity index (χ1n) is 7.97. The van der Waals surface area contributed by atoms with Gasteiger partial charge in [-0.1, -0.05) is 28.1 Å². The van der Waals surface area contributed by atoms with Gasteiger partial charge >= 0.3 is 0 Å². The standard InChI is InChI=1S/C20H12BrFN4O2/c21-12-3-6-17(28-10-11-1-4-13(22)5-2-11)14(7-12)18-15(8-23)19(25)26-20(27)16(18)9-24/h1-7H,10H2,(H3,25,26,27). The van der Waals surface area contributed by atoms with Gasteiger partial charge in [-0.25, -0.2) is 4.39 Å². The monoisotopic (exact) mass is 438 g/mol. The number of nitriles is 2. The lowest BCUT2D eigenvalue weighted by molar-refractivity contribution is 0.307. The van der Waals surface area contributed by atoms with Crippen molar-refractivity contribution in [3.8, 4) is 29.0 Å². The second-order valence-electron chi connectivity index (χ2n) is 5.77. The van der Waals surface area contributed by atoms with Gasteiger partial charge in [0.05, 0.1) is 0 Å². The maximum Gasteiger partial charge on any atom is 0.268 e. The minimum Gasteiger partial charge on any atom is -0.488 e. The molecule has 0 aliphatic rings. The summed E-state index contributed by atoms with van der Waals surface area (Å²) in [5, 5.41) is 19.0.